The molecule has 1 aromatic rings. The molecule has 1 aromatic carbocycles. The second-order valence-corrected chi connectivity index (χ2v) is 6.95. The van der Waals surface area contributed by atoms with Gasteiger partial charge >= 0.3 is 12.0 Å². The molecule has 28 heavy (non-hydrogen) atoms. The Labute approximate surface area is 170 Å². The zero-order valence-corrected chi connectivity index (χ0v) is 17.2. The summed E-state index contributed by atoms with van der Waals surface area (Å²) in [5.41, 5.74) is 0.700. The zero-order valence-electron chi connectivity index (χ0n) is 16.4. The fraction of sp³-hybridized carbons (Fsp3) is 0.526. The summed E-state index contributed by atoms with van der Waals surface area (Å²) in [5.74, 6) is -0.724. The van der Waals surface area contributed by atoms with Gasteiger partial charge in [-0.3, -0.25) is 19.9 Å². The molecule has 0 bridgehead atoms. The van der Waals surface area contributed by atoms with E-state index in [1.165, 1.54) is 7.11 Å². The maximum Gasteiger partial charge on any atom is 0.327 e. The van der Waals surface area contributed by atoms with Crippen LogP contribution in [0.5, 0.6) is 0 Å². The van der Waals surface area contributed by atoms with Crippen molar-refractivity contribution in [1.82, 2.24) is 20.4 Å². The SMILES string of the molecule is CCNC(=O)NC(=O)[C@@H](C)N1CCN([C@H](C(=O)OC)c2ccccc2Cl)CC1. The van der Waals surface area contributed by atoms with E-state index in [4.69, 9.17) is 16.3 Å². The summed E-state index contributed by atoms with van der Waals surface area (Å²) in [5, 5.41) is 5.38. The molecule has 1 saturated heterocycles. The summed E-state index contributed by atoms with van der Waals surface area (Å²) in [4.78, 5) is 40.2. The topological polar surface area (TPSA) is 91.0 Å². The van der Waals surface area contributed by atoms with E-state index in [1.807, 2.05) is 28.0 Å². The van der Waals surface area contributed by atoms with Crippen LogP contribution in [0.1, 0.15) is 25.5 Å². The van der Waals surface area contributed by atoms with E-state index < -0.39 is 18.1 Å². The highest BCUT2D eigenvalue weighted by molar-refractivity contribution is 6.31. The maximum absolute atomic E-state index is 12.4. The van der Waals surface area contributed by atoms with Gasteiger partial charge in [0.05, 0.1) is 13.2 Å². The molecule has 0 aliphatic carbocycles. The summed E-state index contributed by atoms with van der Waals surface area (Å²) in [6.45, 7) is 6.25. The van der Waals surface area contributed by atoms with Gasteiger partial charge in [0.25, 0.3) is 0 Å². The van der Waals surface area contributed by atoms with E-state index in [0.29, 0.717) is 43.3 Å². The van der Waals surface area contributed by atoms with E-state index in [2.05, 4.69) is 10.6 Å². The number of carbonyl (C=O) groups is 3. The third-order valence-corrected chi connectivity index (χ3v) is 5.18. The van der Waals surface area contributed by atoms with Gasteiger partial charge in [-0.1, -0.05) is 29.8 Å². The Balaban J connectivity index is 2.02. The normalized spacial score (nSPS) is 17.4. The number of amides is 3. The predicted octanol–water partition coefficient (Wildman–Crippen LogP) is 1.41. The van der Waals surface area contributed by atoms with Crippen molar-refractivity contribution in [3.05, 3.63) is 34.9 Å². The van der Waals surface area contributed by atoms with Crippen molar-refractivity contribution in [1.29, 1.82) is 0 Å². The van der Waals surface area contributed by atoms with Crippen LogP contribution < -0.4 is 10.6 Å². The molecule has 0 saturated carbocycles. The Morgan fingerprint density at radius 1 is 1.14 bits per heavy atom. The number of carbonyl (C=O) groups excluding carboxylic acids is 3. The smallest absolute Gasteiger partial charge is 0.327 e. The lowest BCUT2D eigenvalue weighted by Crippen LogP contribution is -2.56. The highest BCUT2D eigenvalue weighted by Crippen LogP contribution is 2.29. The van der Waals surface area contributed by atoms with Crippen molar-refractivity contribution in [3.8, 4) is 0 Å². The third kappa shape index (κ3) is 5.43. The lowest BCUT2D eigenvalue weighted by molar-refractivity contribution is -0.148. The first-order chi connectivity index (χ1) is 13.4. The highest BCUT2D eigenvalue weighted by atomic mass is 35.5. The number of halogens is 1. The van der Waals surface area contributed by atoms with Gasteiger partial charge in [0.2, 0.25) is 5.91 Å². The van der Waals surface area contributed by atoms with Crippen LogP contribution in [-0.4, -0.2) is 73.6 Å². The number of rotatable bonds is 6. The lowest BCUT2D eigenvalue weighted by atomic mass is 10.0. The van der Waals surface area contributed by atoms with Gasteiger partial charge in [0.1, 0.15) is 6.04 Å². The maximum atomic E-state index is 12.4. The lowest BCUT2D eigenvalue weighted by Gasteiger charge is -2.40. The van der Waals surface area contributed by atoms with Crippen molar-refractivity contribution in [2.45, 2.75) is 25.9 Å². The fourth-order valence-electron chi connectivity index (χ4n) is 3.25. The Morgan fingerprint density at radius 3 is 2.32 bits per heavy atom. The number of nitrogens with zero attached hydrogens (tertiary/aromatic N) is 2. The summed E-state index contributed by atoms with van der Waals surface area (Å²) in [7, 11) is 1.36. The average Bonchev–Trinajstić information content (AvgIpc) is 2.69. The quantitative estimate of drug-likeness (QED) is 0.689. The van der Waals surface area contributed by atoms with Crippen LogP contribution in [0.4, 0.5) is 4.79 Å². The molecular formula is C19H27ClN4O4. The molecular weight excluding hydrogens is 384 g/mol. The van der Waals surface area contributed by atoms with Crippen molar-refractivity contribution < 1.29 is 19.1 Å². The summed E-state index contributed by atoms with van der Waals surface area (Å²) >= 11 is 6.30. The first-order valence-corrected chi connectivity index (χ1v) is 9.65. The first-order valence-electron chi connectivity index (χ1n) is 9.28. The van der Waals surface area contributed by atoms with Crippen LogP contribution in [0, 0.1) is 0 Å². The molecule has 0 aromatic heterocycles. The molecule has 2 N–H and O–H groups in total. The Kier molecular flexibility index (Phi) is 8.22. The standard InChI is InChI=1S/C19H27ClN4O4/c1-4-21-19(27)22-17(25)13(2)23-9-11-24(12-10-23)16(18(26)28-3)14-7-5-6-8-15(14)20/h5-8,13,16H,4,9-12H2,1-3H3,(H2,21,22,25,27)/t13-,16+/m1/s1. The van der Waals surface area contributed by atoms with Gasteiger partial charge in [-0.2, -0.15) is 0 Å². The van der Waals surface area contributed by atoms with E-state index >= 15 is 0 Å². The average molecular weight is 411 g/mol. The minimum absolute atomic E-state index is 0.352. The van der Waals surface area contributed by atoms with Gasteiger partial charge in [-0.15, -0.1) is 0 Å². The Bertz CT molecular complexity index is 707. The van der Waals surface area contributed by atoms with Gasteiger partial charge in [0.15, 0.2) is 0 Å². The van der Waals surface area contributed by atoms with E-state index in [-0.39, 0.29) is 11.9 Å². The van der Waals surface area contributed by atoms with Gasteiger partial charge in [0, 0.05) is 37.7 Å². The zero-order chi connectivity index (χ0) is 20.7. The van der Waals surface area contributed by atoms with E-state index in [9.17, 15) is 14.4 Å². The number of ether oxygens (including phenoxy) is 1. The van der Waals surface area contributed by atoms with Crippen LogP contribution in [-0.2, 0) is 14.3 Å². The summed E-state index contributed by atoms with van der Waals surface area (Å²) in [6.07, 6.45) is 0. The summed E-state index contributed by atoms with van der Waals surface area (Å²) in [6, 6.07) is 5.66. The number of hydrogen-bond donors (Lipinski definition) is 2. The van der Waals surface area contributed by atoms with Gasteiger partial charge < -0.3 is 10.1 Å². The molecule has 154 valence electrons. The molecule has 9 heteroatoms. The van der Waals surface area contributed by atoms with Crippen LogP contribution in [0.3, 0.4) is 0 Å². The Morgan fingerprint density at radius 2 is 1.75 bits per heavy atom. The minimum Gasteiger partial charge on any atom is -0.468 e. The van der Waals surface area contributed by atoms with E-state index in [0.717, 1.165) is 0 Å². The summed E-state index contributed by atoms with van der Waals surface area (Å²) < 4.78 is 4.99. The predicted molar refractivity (Wildman–Crippen MR) is 106 cm³/mol. The molecule has 1 aliphatic rings. The molecule has 0 radical (unpaired) electrons. The molecule has 0 spiro atoms. The Hall–Kier alpha value is -2.16. The molecule has 1 aliphatic heterocycles. The second-order valence-electron chi connectivity index (χ2n) is 6.54. The first kappa shape index (κ1) is 22.1. The molecule has 1 fully saturated rings. The fourth-order valence-corrected chi connectivity index (χ4v) is 3.49. The van der Waals surface area contributed by atoms with Crippen molar-refractivity contribution >= 4 is 29.5 Å². The molecule has 2 rings (SSSR count). The monoisotopic (exact) mass is 410 g/mol. The molecule has 3 amide bonds. The molecule has 8 nitrogen and oxygen atoms in total. The number of nitrogens with one attached hydrogen (secondary N) is 2. The van der Waals surface area contributed by atoms with E-state index in [1.54, 1.807) is 19.9 Å². The van der Waals surface area contributed by atoms with Crippen molar-refractivity contribution in [2.24, 2.45) is 0 Å². The molecule has 2 atom stereocenters. The molecule has 0 unspecified atom stereocenters. The van der Waals surface area contributed by atoms with Crippen LogP contribution in [0.15, 0.2) is 24.3 Å². The van der Waals surface area contributed by atoms with Crippen molar-refractivity contribution in [3.63, 3.8) is 0 Å². The third-order valence-electron chi connectivity index (χ3n) is 4.84. The van der Waals surface area contributed by atoms with Crippen LogP contribution in [0.2, 0.25) is 5.02 Å². The largest absolute Gasteiger partial charge is 0.468 e. The van der Waals surface area contributed by atoms with Gasteiger partial charge in [-0.05, 0) is 25.5 Å². The number of urea groups is 1. The highest BCUT2D eigenvalue weighted by Gasteiger charge is 2.34. The van der Waals surface area contributed by atoms with Gasteiger partial charge in [-0.25, -0.2) is 9.59 Å². The van der Waals surface area contributed by atoms with Crippen LogP contribution >= 0.6 is 11.6 Å². The number of hydrogen-bond acceptors (Lipinski definition) is 6. The number of piperazine rings is 1. The number of esters is 1. The second kappa shape index (κ2) is 10.4. The van der Waals surface area contributed by atoms with Crippen LogP contribution in [0.25, 0.3) is 0 Å². The minimum atomic E-state index is -0.597. The molecule has 1 heterocycles. The number of methoxy groups -OCH3 is 1. The number of imide groups is 1. The number of benzene rings is 1. The van der Waals surface area contributed by atoms with Crippen molar-refractivity contribution in [2.75, 3.05) is 39.8 Å².